The number of nitro groups is 1. The van der Waals surface area contributed by atoms with Crippen molar-refractivity contribution in [1.82, 2.24) is 4.90 Å². The SMILES string of the molecule is CCN1CCN(c2ccc([N+](=O)[O-])cc2C(=O)Nc2ccc(Oc3ccc4ccccc4c3Cl)c(Cl)c2)CC1. The Kier molecular flexibility index (Phi) is 7.88. The molecule has 0 atom stereocenters. The molecule has 1 saturated heterocycles. The number of anilines is 2. The van der Waals surface area contributed by atoms with Crippen molar-refractivity contribution in [3.63, 3.8) is 0 Å². The maximum atomic E-state index is 13.4. The van der Waals surface area contributed by atoms with Crippen LogP contribution >= 0.6 is 23.2 Å². The number of nitro benzene ring substituents is 1. The van der Waals surface area contributed by atoms with Crippen LogP contribution in [0.5, 0.6) is 11.5 Å². The van der Waals surface area contributed by atoms with Gasteiger partial charge < -0.3 is 19.9 Å². The smallest absolute Gasteiger partial charge is 0.270 e. The molecule has 1 heterocycles. The van der Waals surface area contributed by atoms with Gasteiger partial charge >= 0.3 is 0 Å². The van der Waals surface area contributed by atoms with Crippen molar-refractivity contribution in [3.8, 4) is 11.5 Å². The number of nitrogens with one attached hydrogen (secondary N) is 1. The summed E-state index contributed by atoms with van der Waals surface area (Å²) in [6, 6.07) is 20.7. The van der Waals surface area contributed by atoms with E-state index in [1.54, 1.807) is 30.3 Å². The molecule has 0 bridgehead atoms. The summed E-state index contributed by atoms with van der Waals surface area (Å²) in [6.07, 6.45) is 0. The first-order chi connectivity index (χ1) is 18.8. The molecule has 4 aromatic carbocycles. The number of rotatable bonds is 7. The Labute approximate surface area is 235 Å². The summed E-state index contributed by atoms with van der Waals surface area (Å²) in [4.78, 5) is 28.7. The second-order valence-electron chi connectivity index (χ2n) is 9.18. The summed E-state index contributed by atoms with van der Waals surface area (Å²) in [7, 11) is 0. The summed E-state index contributed by atoms with van der Waals surface area (Å²) in [6.45, 7) is 6.22. The molecular formula is C29H26Cl2N4O4. The lowest BCUT2D eigenvalue weighted by Crippen LogP contribution is -2.46. The molecule has 1 amide bonds. The zero-order valence-corrected chi connectivity index (χ0v) is 22.7. The van der Waals surface area contributed by atoms with Gasteiger partial charge in [-0.3, -0.25) is 14.9 Å². The van der Waals surface area contributed by atoms with Gasteiger partial charge in [-0.1, -0.05) is 60.5 Å². The van der Waals surface area contributed by atoms with Gasteiger partial charge in [0, 0.05) is 49.4 Å². The summed E-state index contributed by atoms with van der Waals surface area (Å²) in [5.41, 5.74) is 1.17. The van der Waals surface area contributed by atoms with E-state index in [-0.39, 0.29) is 16.3 Å². The normalized spacial score (nSPS) is 13.9. The van der Waals surface area contributed by atoms with E-state index in [9.17, 15) is 14.9 Å². The highest BCUT2D eigenvalue weighted by Gasteiger charge is 2.24. The molecule has 0 radical (unpaired) electrons. The van der Waals surface area contributed by atoms with Crippen LogP contribution in [-0.4, -0.2) is 48.5 Å². The number of hydrogen-bond donors (Lipinski definition) is 1. The van der Waals surface area contributed by atoms with Gasteiger partial charge in [-0.05, 0) is 42.3 Å². The maximum absolute atomic E-state index is 13.4. The molecule has 1 N–H and O–H groups in total. The molecule has 8 nitrogen and oxygen atoms in total. The minimum absolute atomic E-state index is 0.148. The van der Waals surface area contributed by atoms with Gasteiger partial charge in [0.2, 0.25) is 0 Å². The number of halogens is 2. The number of carbonyl (C=O) groups excluding carboxylic acids is 1. The Morgan fingerprint density at radius 2 is 1.72 bits per heavy atom. The largest absolute Gasteiger partial charge is 0.454 e. The average molecular weight is 565 g/mol. The van der Waals surface area contributed by atoms with Crippen LogP contribution in [0.2, 0.25) is 10.0 Å². The van der Waals surface area contributed by atoms with E-state index < -0.39 is 10.8 Å². The minimum Gasteiger partial charge on any atom is -0.454 e. The number of non-ortho nitro benzene ring substituents is 1. The molecule has 0 unspecified atom stereocenters. The lowest BCUT2D eigenvalue weighted by atomic mass is 10.1. The van der Waals surface area contributed by atoms with E-state index in [0.29, 0.717) is 27.9 Å². The predicted molar refractivity (Wildman–Crippen MR) is 156 cm³/mol. The van der Waals surface area contributed by atoms with Crippen molar-refractivity contribution in [2.75, 3.05) is 42.9 Å². The van der Waals surface area contributed by atoms with Crippen molar-refractivity contribution in [2.45, 2.75) is 6.92 Å². The number of piperazine rings is 1. The fraction of sp³-hybridized carbons (Fsp3) is 0.207. The number of amides is 1. The van der Waals surface area contributed by atoms with E-state index in [1.165, 1.54) is 12.1 Å². The molecule has 0 spiro atoms. The highest BCUT2D eigenvalue weighted by molar-refractivity contribution is 6.37. The van der Waals surface area contributed by atoms with Gasteiger partial charge in [0.15, 0.2) is 0 Å². The van der Waals surface area contributed by atoms with E-state index in [4.69, 9.17) is 27.9 Å². The van der Waals surface area contributed by atoms with E-state index >= 15 is 0 Å². The highest BCUT2D eigenvalue weighted by Crippen LogP contribution is 2.38. The van der Waals surface area contributed by atoms with Gasteiger partial charge in [0.25, 0.3) is 11.6 Å². The van der Waals surface area contributed by atoms with E-state index in [1.807, 2.05) is 30.3 Å². The van der Waals surface area contributed by atoms with Crippen LogP contribution in [0.1, 0.15) is 17.3 Å². The first-order valence-corrected chi connectivity index (χ1v) is 13.3. The monoisotopic (exact) mass is 564 g/mol. The van der Waals surface area contributed by atoms with Crippen LogP contribution in [0.4, 0.5) is 17.1 Å². The summed E-state index contributed by atoms with van der Waals surface area (Å²) in [5, 5.41) is 16.9. The summed E-state index contributed by atoms with van der Waals surface area (Å²) >= 11 is 13.1. The molecule has 0 aromatic heterocycles. The maximum Gasteiger partial charge on any atom is 0.270 e. The number of likely N-dealkylation sites (N-methyl/N-ethyl adjacent to an activating group) is 1. The van der Waals surface area contributed by atoms with Gasteiger partial charge in [-0.25, -0.2) is 0 Å². The Morgan fingerprint density at radius 3 is 2.44 bits per heavy atom. The van der Waals surface area contributed by atoms with Crippen molar-refractivity contribution in [2.24, 2.45) is 0 Å². The molecule has 10 heteroatoms. The summed E-state index contributed by atoms with van der Waals surface area (Å²) < 4.78 is 5.99. The molecule has 39 heavy (non-hydrogen) atoms. The average Bonchev–Trinajstić information content (AvgIpc) is 2.95. The first-order valence-electron chi connectivity index (χ1n) is 12.6. The zero-order chi connectivity index (χ0) is 27.5. The molecule has 200 valence electrons. The molecule has 5 rings (SSSR count). The first kappa shape index (κ1) is 26.7. The van der Waals surface area contributed by atoms with E-state index in [2.05, 4.69) is 22.0 Å². The molecule has 0 aliphatic carbocycles. The number of benzene rings is 4. The highest BCUT2D eigenvalue weighted by atomic mass is 35.5. The van der Waals surface area contributed by atoms with Crippen molar-refractivity contribution in [3.05, 3.63) is 98.5 Å². The quantitative estimate of drug-likeness (QED) is 0.188. The minimum atomic E-state index is -0.503. The van der Waals surface area contributed by atoms with Crippen LogP contribution in [-0.2, 0) is 0 Å². The van der Waals surface area contributed by atoms with Gasteiger partial charge in [0.05, 0.1) is 26.2 Å². The number of fused-ring (bicyclic) bond motifs is 1. The topological polar surface area (TPSA) is 88.0 Å². The van der Waals surface area contributed by atoms with Crippen LogP contribution in [0.15, 0.2) is 72.8 Å². The van der Waals surface area contributed by atoms with Gasteiger partial charge in [-0.15, -0.1) is 0 Å². The predicted octanol–water partition coefficient (Wildman–Crippen LogP) is 7.24. The third kappa shape index (κ3) is 5.78. The van der Waals surface area contributed by atoms with Crippen molar-refractivity contribution in [1.29, 1.82) is 0 Å². The van der Waals surface area contributed by atoms with Crippen LogP contribution in [0, 0.1) is 10.1 Å². The Morgan fingerprint density at radius 1 is 0.974 bits per heavy atom. The number of carbonyl (C=O) groups is 1. The summed E-state index contributed by atoms with van der Waals surface area (Å²) in [5.74, 6) is 0.365. The number of nitrogens with zero attached hydrogens (tertiary/aromatic N) is 3. The standard InChI is InChI=1S/C29H26Cl2N4O4/c1-2-33-13-15-34(16-14-33)25-10-9-21(35(37)38)18-23(25)29(36)32-20-8-12-26(24(30)17-20)39-27-11-7-19-5-3-4-6-22(19)28(27)31/h3-12,17-18H,2,13-16H2,1H3,(H,32,36). The fourth-order valence-electron chi connectivity index (χ4n) is 4.67. The fourth-order valence-corrected chi connectivity index (χ4v) is 5.16. The lowest BCUT2D eigenvalue weighted by Gasteiger charge is -2.36. The lowest BCUT2D eigenvalue weighted by molar-refractivity contribution is -0.384. The van der Waals surface area contributed by atoms with Crippen LogP contribution in [0.25, 0.3) is 10.8 Å². The third-order valence-corrected chi connectivity index (χ3v) is 7.52. The van der Waals surface area contributed by atoms with Crippen LogP contribution < -0.4 is 15.0 Å². The molecule has 1 fully saturated rings. The Balaban J connectivity index is 1.37. The molecule has 4 aromatic rings. The van der Waals surface area contributed by atoms with E-state index in [0.717, 1.165) is 43.5 Å². The van der Waals surface area contributed by atoms with Crippen LogP contribution in [0.3, 0.4) is 0 Å². The van der Waals surface area contributed by atoms with Gasteiger partial charge in [0.1, 0.15) is 11.5 Å². The Hall–Kier alpha value is -3.85. The van der Waals surface area contributed by atoms with Gasteiger partial charge in [-0.2, -0.15) is 0 Å². The molecule has 1 aliphatic rings. The van der Waals surface area contributed by atoms with Crippen molar-refractivity contribution < 1.29 is 14.5 Å². The second kappa shape index (κ2) is 11.5. The molecular weight excluding hydrogens is 539 g/mol. The number of hydrogen-bond acceptors (Lipinski definition) is 6. The van der Waals surface area contributed by atoms with Crippen molar-refractivity contribution >= 4 is 56.9 Å². The zero-order valence-electron chi connectivity index (χ0n) is 21.2. The molecule has 1 aliphatic heterocycles. The molecule has 0 saturated carbocycles. The number of ether oxygens (including phenoxy) is 1. The third-order valence-electron chi connectivity index (χ3n) is 6.83. The second-order valence-corrected chi connectivity index (χ2v) is 9.97. The Bertz CT molecular complexity index is 1550.